The first-order chi connectivity index (χ1) is 9.33. The number of rotatable bonds is 5. The third-order valence-electron chi connectivity index (χ3n) is 2.48. The summed E-state index contributed by atoms with van der Waals surface area (Å²) in [5.74, 6) is 0.744. The molecule has 0 saturated carbocycles. The molecule has 1 aromatic rings. The summed E-state index contributed by atoms with van der Waals surface area (Å²) in [5, 5.41) is 2.67. The van der Waals surface area contributed by atoms with Gasteiger partial charge in [-0.3, -0.25) is 0 Å². The van der Waals surface area contributed by atoms with Crippen LogP contribution in [-0.4, -0.2) is 24.8 Å². The van der Waals surface area contributed by atoms with E-state index in [-0.39, 0.29) is 6.04 Å². The number of para-hydroxylation sites is 1. The van der Waals surface area contributed by atoms with Crippen LogP contribution in [0.25, 0.3) is 0 Å². The van der Waals surface area contributed by atoms with E-state index in [2.05, 4.69) is 5.32 Å². The summed E-state index contributed by atoms with van der Waals surface area (Å²) < 4.78 is 10.7. The maximum Gasteiger partial charge on any atom is 0.407 e. The zero-order valence-electron chi connectivity index (χ0n) is 12.6. The Hall–Kier alpha value is -1.75. The molecule has 5 heteroatoms. The van der Waals surface area contributed by atoms with Gasteiger partial charge in [0.1, 0.15) is 11.4 Å². The molecule has 0 aliphatic carbocycles. The Morgan fingerprint density at radius 2 is 2.00 bits per heavy atom. The lowest BCUT2D eigenvalue weighted by atomic mass is 10.1. The first-order valence-corrected chi connectivity index (χ1v) is 6.77. The van der Waals surface area contributed by atoms with Crippen LogP contribution in [0.3, 0.4) is 0 Å². The quantitative estimate of drug-likeness (QED) is 0.869. The summed E-state index contributed by atoms with van der Waals surface area (Å²) in [4.78, 5) is 11.6. The molecule has 1 unspecified atom stereocenters. The number of hydrogen-bond acceptors (Lipinski definition) is 4. The van der Waals surface area contributed by atoms with Gasteiger partial charge in [0.25, 0.3) is 0 Å². The minimum absolute atomic E-state index is 0.291. The topological polar surface area (TPSA) is 73.6 Å². The molecule has 0 radical (unpaired) electrons. The van der Waals surface area contributed by atoms with E-state index in [1.807, 2.05) is 52.0 Å². The summed E-state index contributed by atoms with van der Waals surface area (Å²) in [7, 11) is 0. The van der Waals surface area contributed by atoms with Crippen molar-refractivity contribution in [1.29, 1.82) is 0 Å². The second kappa shape index (κ2) is 7.14. The number of benzene rings is 1. The molecular weight excluding hydrogens is 256 g/mol. The highest BCUT2D eigenvalue weighted by molar-refractivity contribution is 5.67. The Morgan fingerprint density at radius 1 is 1.35 bits per heavy atom. The largest absolute Gasteiger partial charge is 0.494 e. The zero-order valence-corrected chi connectivity index (χ0v) is 12.6. The van der Waals surface area contributed by atoms with E-state index in [1.54, 1.807) is 0 Å². The Labute approximate surface area is 120 Å². The predicted molar refractivity (Wildman–Crippen MR) is 78.8 cm³/mol. The minimum atomic E-state index is -0.516. The SMILES string of the molecule is CCOc1ccccc1C(N)CNC(=O)OC(C)(C)C. The molecule has 1 rings (SSSR count). The molecule has 0 aliphatic rings. The van der Waals surface area contributed by atoms with Crippen molar-refractivity contribution in [2.45, 2.75) is 39.3 Å². The molecule has 1 amide bonds. The molecule has 20 heavy (non-hydrogen) atoms. The summed E-state index contributed by atoms with van der Waals surface area (Å²) >= 11 is 0. The van der Waals surface area contributed by atoms with Crippen molar-refractivity contribution >= 4 is 6.09 Å². The van der Waals surface area contributed by atoms with E-state index in [1.165, 1.54) is 0 Å². The highest BCUT2D eigenvalue weighted by Crippen LogP contribution is 2.23. The predicted octanol–water partition coefficient (Wildman–Crippen LogP) is 2.61. The summed E-state index contributed by atoms with van der Waals surface area (Å²) in [6.07, 6.45) is -0.471. The molecule has 0 spiro atoms. The Morgan fingerprint density at radius 3 is 2.60 bits per heavy atom. The number of carbonyl (C=O) groups excluding carboxylic acids is 1. The lowest BCUT2D eigenvalue weighted by Crippen LogP contribution is -2.36. The fraction of sp³-hybridized carbons (Fsp3) is 0.533. The summed E-state index contributed by atoms with van der Waals surface area (Å²) in [6.45, 7) is 8.23. The third kappa shape index (κ3) is 5.48. The van der Waals surface area contributed by atoms with E-state index in [9.17, 15) is 4.79 Å². The standard InChI is InChI=1S/C15H24N2O3/c1-5-19-13-9-7-6-8-11(13)12(16)10-17-14(18)20-15(2,3)4/h6-9,12H,5,10,16H2,1-4H3,(H,17,18). The first-order valence-electron chi connectivity index (χ1n) is 6.77. The van der Waals surface area contributed by atoms with Crippen LogP contribution in [0.15, 0.2) is 24.3 Å². The van der Waals surface area contributed by atoms with E-state index >= 15 is 0 Å². The molecule has 5 nitrogen and oxygen atoms in total. The molecule has 0 aliphatic heterocycles. The van der Waals surface area contributed by atoms with Crippen molar-refractivity contribution in [2.75, 3.05) is 13.2 Å². The maximum atomic E-state index is 11.6. The molecule has 3 N–H and O–H groups in total. The molecule has 0 heterocycles. The van der Waals surface area contributed by atoms with Crippen LogP contribution in [0.5, 0.6) is 5.75 Å². The van der Waals surface area contributed by atoms with Crippen LogP contribution >= 0.6 is 0 Å². The van der Waals surface area contributed by atoms with Crippen LogP contribution in [0.4, 0.5) is 4.79 Å². The van der Waals surface area contributed by atoms with Crippen LogP contribution in [0.2, 0.25) is 0 Å². The number of alkyl carbamates (subject to hydrolysis) is 1. The van der Waals surface area contributed by atoms with E-state index in [0.29, 0.717) is 13.2 Å². The Bertz CT molecular complexity index is 441. The second-order valence-corrected chi connectivity index (χ2v) is 5.46. The molecular formula is C15H24N2O3. The van der Waals surface area contributed by atoms with E-state index in [4.69, 9.17) is 15.2 Å². The number of nitrogens with two attached hydrogens (primary N) is 1. The van der Waals surface area contributed by atoms with Gasteiger partial charge in [-0.15, -0.1) is 0 Å². The summed E-state index contributed by atoms with van der Waals surface area (Å²) in [6, 6.07) is 7.21. The van der Waals surface area contributed by atoms with Crippen LogP contribution in [0, 0.1) is 0 Å². The zero-order chi connectivity index (χ0) is 15.2. The highest BCUT2D eigenvalue weighted by atomic mass is 16.6. The number of hydrogen-bond donors (Lipinski definition) is 2. The lowest BCUT2D eigenvalue weighted by Gasteiger charge is -2.21. The Kier molecular flexibility index (Phi) is 5.82. The lowest BCUT2D eigenvalue weighted by molar-refractivity contribution is 0.0524. The van der Waals surface area contributed by atoms with Gasteiger partial charge in [0, 0.05) is 12.1 Å². The fourth-order valence-electron chi connectivity index (χ4n) is 1.69. The van der Waals surface area contributed by atoms with Gasteiger partial charge in [-0.25, -0.2) is 4.79 Å². The average molecular weight is 280 g/mol. The fourth-order valence-corrected chi connectivity index (χ4v) is 1.69. The van der Waals surface area contributed by atoms with Crippen molar-refractivity contribution in [2.24, 2.45) is 5.73 Å². The Balaban J connectivity index is 2.59. The van der Waals surface area contributed by atoms with Gasteiger partial charge >= 0.3 is 6.09 Å². The number of nitrogens with one attached hydrogen (secondary N) is 1. The van der Waals surface area contributed by atoms with Crippen molar-refractivity contribution in [3.05, 3.63) is 29.8 Å². The van der Waals surface area contributed by atoms with Crippen LogP contribution in [-0.2, 0) is 4.74 Å². The van der Waals surface area contributed by atoms with Crippen LogP contribution < -0.4 is 15.8 Å². The van der Waals surface area contributed by atoms with E-state index < -0.39 is 11.7 Å². The smallest absolute Gasteiger partial charge is 0.407 e. The number of ether oxygens (including phenoxy) is 2. The van der Waals surface area contributed by atoms with Gasteiger partial charge in [0.05, 0.1) is 12.6 Å². The maximum absolute atomic E-state index is 11.6. The molecule has 0 aromatic heterocycles. The van der Waals surface area contributed by atoms with Gasteiger partial charge < -0.3 is 20.5 Å². The van der Waals surface area contributed by atoms with Crippen molar-refractivity contribution in [1.82, 2.24) is 5.32 Å². The normalized spacial score (nSPS) is 12.7. The molecule has 1 atom stereocenters. The summed E-state index contributed by atoms with van der Waals surface area (Å²) in [5.41, 5.74) is 6.44. The molecule has 0 bridgehead atoms. The number of amides is 1. The van der Waals surface area contributed by atoms with Gasteiger partial charge in [-0.1, -0.05) is 18.2 Å². The van der Waals surface area contributed by atoms with Crippen molar-refractivity contribution in [3.8, 4) is 5.75 Å². The second-order valence-electron chi connectivity index (χ2n) is 5.46. The highest BCUT2D eigenvalue weighted by Gasteiger charge is 2.18. The average Bonchev–Trinajstić information content (AvgIpc) is 2.35. The molecule has 0 fully saturated rings. The molecule has 1 aromatic carbocycles. The van der Waals surface area contributed by atoms with Crippen molar-refractivity contribution < 1.29 is 14.3 Å². The van der Waals surface area contributed by atoms with E-state index in [0.717, 1.165) is 11.3 Å². The van der Waals surface area contributed by atoms with Gasteiger partial charge in [-0.2, -0.15) is 0 Å². The van der Waals surface area contributed by atoms with Crippen molar-refractivity contribution in [3.63, 3.8) is 0 Å². The molecule has 112 valence electrons. The molecule has 0 saturated heterocycles. The van der Waals surface area contributed by atoms with Gasteiger partial charge in [0.15, 0.2) is 0 Å². The first kappa shape index (κ1) is 16.3. The van der Waals surface area contributed by atoms with Gasteiger partial charge in [0.2, 0.25) is 0 Å². The number of carbonyl (C=O) groups is 1. The third-order valence-corrected chi connectivity index (χ3v) is 2.48. The monoisotopic (exact) mass is 280 g/mol. The van der Waals surface area contributed by atoms with Gasteiger partial charge in [-0.05, 0) is 33.8 Å². The minimum Gasteiger partial charge on any atom is -0.494 e. The van der Waals surface area contributed by atoms with Crippen LogP contribution in [0.1, 0.15) is 39.3 Å².